The van der Waals surface area contributed by atoms with Gasteiger partial charge in [-0.15, -0.1) is 0 Å². The third-order valence-electron chi connectivity index (χ3n) is 9.31. The van der Waals surface area contributed by atoms with Gasteiger partial charge in [-0.05, 0) is 129 Å². The molecule has 1 amide bonds. The summed E-state index contributed by atoms with van der Waals surface area (Å²) in [6.07, 6.45) is 12.4. The van der Waals surface area contributed by atoms with Crippen molar-refractivity contribution in [2.45, 2.75) is 104 Å². The molecule has 0 aliphatic heterocycles. The summed E-state index contributed by atoms with van der Waals surface area (Å²) in [4.78, 5) is 23.7. The zero-order chi connectivity index (χ0) is 26.6. The third kappa shape index (κ3) is 5.92. The number of Topliss-reactive ketones (excluding diaryl/α,β-unsaturated/α-hetero) is 1. The Bertz CT molecular complexity index is 1180. The van der Waals surface area contributed by atoms with Crippen molar-refractivity contribution in [2.75, 3.05) is 6.54 Å². The molecule has 0 saturated heterocycles. The van der Waals surface area contributed by atoms with E-state index in [1.807, 2.05) is 0 Å². The van der Waals surface area contributed by atoms with Gasteiger partial charge in [0.1, 0.15) is 5.78 Å². The first kappa shape index (κ1) is 27.4. The number of carbonyl (C=O) groups is 2. The van der Waals surface area contributed by atoms with E-state index in [9.17, 15) is 9.59 Å². The minimum Gasteiger partial charge on any atom is -0.353 e. The number of hydrogen-bond acceptors (Lipinski definition) is 2. The quantitative estimate of drug-likeness (QED) is 0.242. The maximum Gasteiger partial charge on any atom is 0.243 e. The largest absolute Gasteiger partial charge is 0.353 e. The van der Waals surface area contributed by atoms with Gasteiger partial charge in [0.05, 0.1) is 0 Å². The summed E-state index contributed by atoms with van der Waals surface area (Å²) in [5.41, 5.74) is 12.3. The number of nitrogens with one attached hydrogen (secondary N) is 1. The van der Waals surface area contributed by atoms with Gasteiger partial charge in [0.2, 0.25) is 5.91 Å². The van der Waals surface area contributed by atoms with E-state index in [2.05, 4.69) is 63.9 Å². The third-order valence-corrected chi connectivity index (χ3v) is 9.31. The number of carbonyl (C=O) groups excluding carboxylic acids is 2. The molecule has 0 aromatic heterocycles. The topological polar surface area (TPSA) is 46.2 Å². The van der Waals surface area contributed by atoms with Crippen LogP contribution in [-0.2, 0) is 22.4 Å². The summed E-state index contributed by atoms with van der Waals surface area (Å²) in [5, 5.41) is 2.79. The summed E-state index contributed by atoms with van der Waals surface area (Å²) in [5.74, 6) is 0.757. The SMILES string of the molecule is C=CC(=O)NCCCCCC(=O)CCCCC12CCc3c(ccc(C)c3C)C1c1cc(C)c(C)cc1C2. The summed E-state index contributed by atoms with van der Waals surface area (Å²) in [6, 6.07) is 9.69. The highest BCUT2D eigenvalue weighted by Crippen LogP contribution is 2.59. The smallest absolute Gasteiger partial charge is 0.243 e. The first-order valence-electron chi connectivity index (χ1n) is 14.4. The highest BCUT2D eigenvalue weighted by Gasteiger charge is 2.49. The first-order valence-corrected chi connectivity index (χ1v) is 14.4. The normalized spacial score (nSPS) is 19.6. The van der Waals surface area contributed by atoms with E-state index in [0.717, 1.165) is 32.1 Å². The lowest BCUT2D eigenvalue weighted by Crippen LogP contribution is -2.32. The molecule has 0 saturated carbocycles. The van der Waals surface area contributed by atoms with Crippen molar-refractivity contribution in [1.29, 1.82) is 0 Å². The molecule has 2 aromatic rings. The zero-order valence-corrected chi connectivity index (χ0v) is 23.5. The highest BCUT2D eigenvalue weighted by atomic mass is 16.1. The fraction of sp³-hybridized carbons (Fsp3) is 0.529. The van der Waals surface area contributed by atoms with Crippen LogP contribution in [0.1, 0.15) is 108 Å². The zero-order valence-electron chi connectivity index (χ0n) is 23.5. The van der Waals surface area contributed by atoms with Crippen LogP contribution in [0.4, 0.5) is 0 Å². The second-order valence-corrected chi connectivity index (χ2v) is 11.7. The van der Waals surface area contributed by atoms with E-state index >= 15 is 0 Å². The Morgan fingerprint density at radius 1 is 0.946 bits per heavy atom. The van der Waals surface area contributed by atoms with Crippen LogP contribution < -0.4 is 5.32 Å². The Hall–Kier alpha value is -2.68. The number of amides is 1. The summed E-state index contributed by atoms with van der Waals surface area (Å²) in [7, 11) is 0. The maximum atomic E-state index is 12.5. The molecule has 2 aliphatic carbocycles. The standard InChI is InChI=1S/C34H45NO2/c1-6-32(37)35-19-11-7-8-12-28(36)13-9-10-17-34-18-16-29-26(5)23(2)14-15-30(29)33(34)31-21-25(4)24(3)20-27(31)22-34/h6,14-15,20-21,33H,1,7-13,16-19,22H2,2-5H3,(H,35,37). The number of aryl methyl sites for hydroxylation is 3. The van der Waals surface area contributed by atoms with Gasteiger partial charge in [-0.1, -0.05) is 43.7 Å². The fourth-order valence-electron chi connectivity index (χ4n) is 6.92. The van der Waals surface area contributed by atoms with Crippen LogP contribution in [0.5, 0.6) is 0 Å². The molecule has 0 bridgehead atoms. The van der Waals surface area contributed by atoms with Gasteiger partial charge >= 0.3 is 0 Å². The van der Waals surface area contributed by atoms with E-state index < -0.39 is 0 Å². The molecule has 198 valence electrons. The molecule has 3 nitrogen and oxygen atoms in total. The van der Waals surface area contributed by atoms with Crippen molar-refractivity contribution in [3.05, 3.63) is 81.4 Å². The number of unbranched alkanes of at least 4 members (excludes halogenated alkanes) is 3. The molecular weight excluding hydrogens is 454 g/mol. The molecule has 0 heterocycles. The minimum atomic E-state index is -0.125. The molecule has 0 spiro atoms. The van der Waals surface area contributed by atoms with Crippen LogP contribution in [0, 0.1) is 33.1 Å². The predicted octanol–water partition coefficient (Wildman–Crippen LogP) is 7.53. The van der Waals surface area contributed by atoms with Crippen molar-refractivity contribution in [2.24, 2.45) is 5.41 Å². The second kappa shape index (κ2) is 11.8. The lowest BCUT2D eigenvalue weighted by Gasteiger charge is -2.42. The highest BCUT2D eigenvalue weighted by molar-refractivity contribution is 5.86. The Morgan fingerprint density at radius 2 is 1.68 bits per heavy atom. The second-order valence-electron chi connectivity index (χ2n) is 11.7. The van der Waals surface area contributed by atoms with E-state index in [1.165, 1.54) is 54.0 Å². The molecule has 2 aliphatic rings. The van der Waals surface area contributed by atoms with Crippen LogP contribution in [-0.4, -0.2) is 18.2 Å². The van der Waals surface area contributed by atoms with Gasteiger partial charge in [-0.3, -0.25) is 9.59 Å². The summed E-state index contributed by atoms with van der Waals surface area (Å²) >= 11 is 0. The molecule has 2 atom stereocenters. The van der Waals surface area contributed by atoms with Gasteiger partial charge in [-0.25, -0.2) is 0 Å². The lowest BCUT2D eigenvalue weighted by atomic mass is 9.61. The van der Waals surface area contributed by atoms with Crippen LogP contribution in [0.3, 0.4) is 0 Å². The minimum absolute atomic E-state index is 0.125. The fourth-order valence-corrected chi connectivity index (χ4v) is 6.92. The maximum absolute atomic E-state index is 12.5. The van der Waals surface area contributed by atoms with E-state index in [-0.39, 0.29) is 11.3 Å². The van der Waals surface area contributed by atoms with Gasteiger partial charge < -0.3 is 5.32 Å². The molecule has 1 N–H and O–H groups in total. The molecule has 3 heteroatoms. The number of rotatable bonds is 12. The van der Waals surface area contributed by atoms with E-state index in [1.54, 1.807) is 22.3 Å². The first-order chi connectivity index (χ1) is 17.8. The molecular formula is C34H45NO2. The van der Waals surface area contributed by atoms with E-state index in [4.69, 9.17) is 0 Å². The van der Waals surface area contributed by atoms with Gasteiger partial charge in [-0.2, -0.15) is 0 Å². The molecule has 2 unspecified atom stereocenters. The Kier molecular flexibility index (Phi) is 8.72. The molecule has 37 heavy (non-hydrogen) atoms. The summed E-state index contributed by atoms with van der Waals surface area (Å²) < 4.78 is 0. The number of fused-ring (bicyclic) bond motifs is 5. The average molecular weight is 500 g/mol. The summed E-state index contributed by atoms with van der Waals surface area (Å²) in [6.45, 7) is 13.2. The number of benzene rings is 2. The Balaban J connectivity index is 1.36. The Morgan fingerprint density at radius 3 is 2.43 bits per heavy atom. The monoisotopic (exact) mass is 499 g/mol. The predicted molar refractivity (Wildman–Crippen MR) is 153 cm³/mol. The van der Waals surface area contributed by atoms with Crippen LogP contribution >= 0.6 is 0 Å². The Labute approximate surface area is 224 Å². The molecule has 4 rings (SSSR count). The average Bonchev–Trinajstić information content (AvgIpc) is 3.19. The van der Waals surface area contributed by atoms with Crippen LogP contribution in [0.2, 0.25) is 0 Å². The van der Waals surface area contributed by atoms with Gasteiger partial charge in [0.25, 0.3) is 0 Å². The molecule has 0 radical (unpaired) electrons. The van der Waals surface area contributed by atoms with Gasteiger partial charge in [0.15, 0.2) is 0 Å². The number of hydrogen-bond donors (Lipinski definition) is 1. The van der Waals surface area contributed by atoms with E-state index in [0.29, 0.717) is 31.1 Å². The van der Waals surface area contributed by atoms with Crippen molar-refractivity contribution in [1.82, 2.24) is 5.32 Å². The number of ketones is 1. The van der Waals surface area contributed by atoms with Crippen molar-refractivity contribution >= 4 is 11.7 Å². The van der Waals surface area contributed by atoms with Crippen molar-refractivity contribution < 1.29 is 9.59 Å². The van der Waals surface area contributed by atoms with Crippen molar-refractivity contribution in [3.8, 4) is 0 Å². The van der Waals surface area contributed by atoms with Crippen LogP contribution in [0.15, 0.2) is 36.9 Å². The molecule has 2 aromatic carbocycles. The lowest BCUT2D eigenvalue weighted by molar-refractivity contribution is -0.119. The van der Waals surface area contributed by atoms with Crippen molar-refractivity contribution in [3.63, 3.8) is 0 Å². The van der Waals surface area contributed by atoms with Crippen LogP contribution in [0.25, 0.3) is 0 Å². The van der Waals surface area contributed by atoms with Gasteiger partial charge in [0, 0.05) is 25.3 Å². The molecule has 0 fully saturated rings.